The number of nitrogens with one attached hydrogen (secondary N) is 1. The summed E-state index contributed by atoms with van der Waals surface area (Å²) in [5, 5.41) is 3.18. The van der Waals surface area contributed by atoms with Crippen LogP contribution in [0.4, 0.5) is 5.69 Å². The predicted octanol–water partition coefficient (Wildman–Crippen LogP) is 3.17. The van der Waals surface area contributed by atoms with Gasteiger partial charge in [-0.25, -0.2) is 13.2 Å². The average Bonchev–Trinajstić information content (AvgIpc) is 2.74. The van der Waals surface area contributed by atoms with E-state index < -0.39 is 21.9 Å². The van der Waals surface area contributed by atoms with E-state index in [1.54, 1.807) is 24.3 Å². The summed E-state index contributed by atoms with van der Waals surface area (Å²) < 4.78 is 31.8. The fourth-order valence-corrected chi connectivity index (χ4v) is 4.90. The van der Waals surface area contributed by atoms with Gasteiger partial charge in [0.1, 0.15) is 0 Å². The molecule has 1 heterocycles. The molecule has 29 heavy (non-hydrogen) atoms. The Balaban J connectivity index is 1.75. The van der Waals surface area contributed by atoms with Crippen molar-refractivity contribution >= 4 is 39.2 Å². The number of piperidine rings is 1. The second-order valence-electron chi connectivity index (χ2n) is 6.68. The van der Waals surface area contributed by atoms with Gasteiger partial charge in [0.25, 0.3) is 0 Å². The van der Waals surface area contributed by atoms with Crippen LogP contribution in [0.25, 0.3) is 0 Å². The van der Waals surface area contributed by atoms with Crippen molar-refractivity contribution in [1.82, 2.24) is 4.31 Å². The smallest absolute Gasteiger partial charge is 0.339 e. The van der Waals surface area contributed by atoms with Gasteiger partial charge in [-0.15, -0.1) is 0 Å². The molecule has 154 valence electrons. The maximum atomic E-state index is 12.9. The van der Waals surface area contributed by atoms with Crippen LogP contribution >= 0.6 is 11.6 Å². The SMILES string of the molecule is COC(=O)c1ccccc1NC(=O)[C@@H]1CCCN(S(=O)(=O)c2ccc(Cl)cc2)C1. The fraction of sp³-hybridized carbons (Fsp3) is 0.300. The van der Waals surface area contributed by atoms with Gasteiger partial charge in [0.2, 0.25) is 15.9 Å². The molecule has 1 saturated heterocycles. The fourth-order valence-electron chi connectivity index (χ4n) is 3.25. The van der Waals surface area contributed by atoms with Crippen molar-refractivity contribution in [3.05, 3.63) is 59.1 Å². The van der Waals surface area contributed by atoms with Crippen LogP contribution in [0.2, 0.25) is 5.02 Å². The van der Waals surface area contributed by atoms with E-state index in [9.17, 15) is 18.0 Å². The summed E-state index contributed by atoms with van der Waals surface area (Å²) in [5.74, 6) is -1.43. The molecule has 0 radical (unpaired) electrons. The standard InChI is InChI=1S/C20H21ClN2O5S/c1-28-20(25)17-6-2-3-7-18(17)22-19(24)14-5-4-12-23(13-14)29(26,27)16-10-8-15(21)9-11-16/h2-3,6-11,14H,4-5,12-13H2,1H3,(H,22,24)/t14-/m1/s1. The highest BCUT2D eigenvalue weighted by molar-refractivity contribution is 7.89. The molecule has 3 rings (SSSR count). The Morgan fingerprint density at radius 2 is 1.83 bits per heavy atom. The molecule has 1 fully saturated rings. The first-order valence-corrected chi connectivity index (χ1v) is 10.9. The van der Waals surface area contributed by atoms with Gasteiger partial charge in [-0.3, -0.25) is 4.79 Å². The number of amides is 1. The number of hydrogen-bond donors (Lipinski definition) is 1. The lowest BCUT2D eigenvalue weighted by Gasteiger charge is -2.31. The topological polar surface area (TPSA) is 92.8 Å². The van der Waals surface area contributed by atoms with Crippen LogP contribution in [-0.2, 0) is 19.6 Å². The largest absolute Gasteiger partial charge is 0.465 e. The molecule has 9 heteroatoms. The summed E-state index contributed by atoms with van der Waals surface area (Å²) in [4.78, 5) is 24.8. The van der Waals surface area contributed by atoms with Crippen molar-refractivity contribution in [2.45, 2.75) is 17.7 Å². The summed E-state index contributed by atoms with van der Waals surface area (Å²) in [6.45, 7) is 0.407. The Kier molecular flexibility index (Phi) is 6.56. The van der Waals surface area contributed by atoms with E-state index in [-0.39, 0.29) is 22.9 Å². The minimum absolute atomic E-state index is 0.0667. The van der Waals surface area contributed by atoms with Gasteiger partial charge in [0, 0.05) is 18.1 Å². The van der Waals surface area contributed by atoms with Crippen LogP contribution in [0.3, 0.4) is 0 Å². The maximum absolute atomic E-state index is 12.9. The number of esters is 1. The third kappa shape index (κ3) is 4.77. The number of hydrogen-bond acceptors (Lipinski definition) is 5. The van der Waals surface area contributed by atoms with Gasteiger partial charge in [0.15, 0.2) is 0 Å². The molecule has 7 nitrogen and oxygen atoms in total. The van der Waals surface area contributed by atoms with Crippen LogP contribution in [0, 0.1) is 5.92 Å². The Morgan fingerprint density at radius 1 is 1.14 bits per heavy atom. The lowest BCUT2D eigenvalue weighted by atomic mass is 9.98. The first kappa shape index (κ1) is 21.3. The summed E-state index contributed by atoms with van der Waals surface area (Å²) in [5.41, 5.74) is 0.576. The number of ether oxygens (including phenoxy) is 1. The second-order valence-corrected chi connectivity index (χ2v) is 9.06. The van der Waals surface area contributed by atoms with E-state index in [0.717, 1.165) is 0 Å². The average molecular weight is 437 g/mol. The molecule has 0 unspecified atom stereocenters. The molecule has 1 aliphatic rings. The van der Waals surface area contributed by atoms with E-state index in [1.807, 2.05) is 0 Å². The Morgan fingerprint density at radius 3 is 2.52 bits per heavy atom. The first-order chi connectivity index (χ1) is 13.8. The zero-order chi connectivity index (χ0) is 21.0. The molecular formula is C20H21ClN2O5S. The molecule has 2 aromatic carbocycles. The third-order valence-electron chi connectivity index (χ3n) is 4.80. The van der Waals surface area contributed by atoms with E-state index >= 15 is 0 Å². The molecule has 1 amide bonds. The summed E-state index contributed by atoms with van der Waals surface area (Å²) in [7, 11) is -2.46. The van der Waals surface area contributed by atoms with Crippen molar-refractivity contribution in [2.24, 2.45) is 5.92 Å². The van der Waals surface area contributed by atoms with E-state index in [2.05, 4.69) is 5.32 Å². The number of benzene rings is 2. The lowest BCUT2D eigenvalue weighted by molar-refractivity contribution is -0.120. The predicted molar refractivity (Wildman–Crippen MR) is 109 cm³/mol. The zero-order valence-electron chi connectivity index (χ0n) is 15.8. The van der Waals surface area contributed by atoms with E-state index in [1.165, 1.54) is 35.7 Å². The van der Waals surface area contributed by atoms with Gasteiger partial charge in [-0.2, -0.15) is 4.31 Å². The zero-order valence-corrected chi connectivity index (χ0v) is 17.4. The number of rotatable bonds is 5. The van der Waals surface area contributed by atoms with Gasteiger partial charge in [0.05, 0.1) is 29.2 Å². The summed E-state index contributed by atoms with van der Waals surface area (Å²) in [6.07, 6.45) is 1.11. The Bertz CT molecular complexity index is 1010. The maximum Gasteiger partial charge on any atom is 0.339 e. The molecule has 0 aromatic heterocycles. The number of carbonyl (C=O) groups excluding carboxylic acids is 2. The molecule has 2 aromatic rings. The van der Waals surface area contributed by atoms with Gasteiger partial charge in [-0.05, 0) is 49.2 Å². The number of anilines is 1. The molecular weight excluding hydrogens is 416 g/mol. The first-order valence-electron chi connectivity index (χ1n) is 9.07. The molecule has 1 N–H and O–H groups in total. The Labute approximate surface area is 174 Å². The van der Waals surface area contributed by atoms with E-state index in [0.29, 0.717) is 30.1 Å². The molecule has 0 aliphatic carbocycles. The highest BCUT2D eigenvalue weighted by atomic mass is 35.5. The van der Waals surface area contributed by atoms with Crippen LogP contribution in [0.1, 0.15) is 23.2 Å². The monoisotopic (exact) mass is 436 g/mol. The highest BCUT2D eigenvalue weighted by Gasteiger charge is 2.33. The van der Waals surface area contributed by atoms with Gasteiger partial charge >= 0.3 is 5.97 Å². The third-order valence-corrected chi connectivity index (χ3v) is 6.93. The highest BCUT2D eigenvalue weighted by Crippen LogP contribution is 2.26. The van der Waals surface area contributed by atoms with Crippen LogP contribution < -0.4 is 5.32 Å². The molecule has 1 aliphatic heterocycles. The van der Waals surface area contributed by atoms with Crippen molar-refractivity contribution in [2.75, 3.05) is 25.5 Å². The molecule has 0 spiro atoms. The number of para-hydroxylation sites is 1. The Hall–Kier alpha value is -2.42. The minimum atomic E-state index is -3.72. The van der Waals surface area contributed by atoms with Crippen molar-refractivity contribution in [3.8, 4) is 0 Å². The summed E-state index contributed by atoms with van der Waals surface area (Å²) >= 11 is 5.84. The van der Waals surface area contributed by atoms with Crippen LogP contribution in [-0.4, -0.2) is 44.8 Å². The number of methoxy groups -OCH3 is 1. The number of sulfonamides is 1. The number of halogens is 1. The van der Waals surface area contributed by atoms with Crippen molar-refractivity contribution < 1.29 is 22.7 Å². The van der Waals surface area contributed by atoms with Crippen molar-refractivity contribution in [3.63, 3.8) is 0 Å². The quantitative estimate of drug-likeness (QED) is 0.726. The lowest BCUT2D eigenvalue weighted by Crippen LogP contribution is -2.43. The normalized spacial score (nSPS) is 17.5. The second kappa shape index (κ2) is 8.94. The van der Waals surface area contributed by atoms with E-state index in [4.69, 9.17) is 16.3 Å². The number of nitrogens with zero attached hydrogens (tertiary/aromatic N) is 1. The van der Waals surface area contributed by atoms with Crippen LogP contribution in [0.5, 0.6) is 0 Å². The summed E-state index contributed by atoms with van der Waals surface area (Å²) in [6, 6.07) is 12.5. The van der Waals surface area contributed by atoms with Gasteiger partial charge < -0.3 is 10.1 Å². The minimum Gasteiger partial charge on any atom is -0.465 e. The molecule has 1 atom stereocenters. The van der Waals surface area contributed by atoms with Gasteiger partial charge in [-0.1, -0.05) is 23.7 Å². The number of carbonyl (C=O) groups is 2. The van der Waals surface area contributed by atoms with Crippen molar-refractivity contribution in [1.29, 1.82) is 0 Å². The molecule has 0 bridgehead atoms. The van der Waals surface area contributed by atoms with Crippen LogP contribution in [0.15, 0.2) is 53.4 Å². The molecule has 0 saturated carbocycles.